The van der Waals surface area contributed by atoms with Crippen LogP contribution in [0.2, 0.25) is 0 Å². The number of likely N-dealkylation sites (tertiary alicyclic amines) is 2. The summed E-state index contributed by atoms with van der Waals surface area (Å²) >= 11 is 0. The van der Waals surface area contributed by atoms with E-state index in [-0.39, 0.29) is 30.4 Å². The monoisotopic (exact) mass is 348 g/mol. The number of β-amino-alcohol motifs (C(OH)–C–C–N with tert-alkyl or cyclic N) is 1. The minimum Gasteiger partial charge on any atom is -0.391 e. The summed E-state index contributed by atoms with van der Waals surface area (Å²) in [7, 11) is 0. The third-order valence-corrected chi connectivity index (χ3v) is 5.13. The lowest BCUT2D eigenvalue weighted by atomic mass is 9.94. The summed E-state index contributed by atoms with van der Waals surface area (Å²) in [4.78, 5) is 16.6. The Morgan fingerprint density at radius 1 is 1.32 bits per heavy atom. The minimum absolute atomic E-state index is 0.0921. The third-order valence-electron chi connectivity index (χ3n) is 5.13. The second-order valence-electron chi connectivity index (χ2n) is 6.82. The van der Waals surface area contributed by atoms with Crippen LogP contribution in [0.25, 0.3) is 0 Å². The maximum Gasteiger partial charge on any atom is 0.226 e. The number of aliphatic hydroxyl groups excluding tert-OH is 1. The Morgan fingerprint density at radius 2 is 2.04 bits per heavy atom. The largest absolute Gasteiger partial charge is 0.391 e. The number of hydrogen-bond donors (Lipinski definition) is 1. The molecule has 2 heterocycles. The SMILES string of the molecule is C#CCN1CCC(C(=O)N2CC(O)CC2c2cc(F)ccc2F)CC1. The summed E-state index contributed by atoms with van der Waals surface area (Å²) in [6.07, 6.45) is 6.19. The molecule has 134 valence electrons. The van der Waals surface area contributed by atoms with Gasteiger partial charge in [-0.1, -0.05) is 5.92 Å². The summed E-state index contributed by atoms with van der Waals surface area (Å²) < 4.78 is 27.7. The third kappa shape index (κ3) is 3.83. The molecule has 25 heavy (non-hydrogen) atoms. The molecule has 0 aliphatic carbocycles. The van der Waals surface area contributed by atoms with Crippen LogP contribution in [0.1, 0.15) is 30.9 Å². The summed E-state index contributed by atoms with van der Waals surface area (Å²) in [5.41, 5.74) is 0.134. The van der Waals surface area contributed by atoms with Gasteiger partial charge in [0.2, 0.25) is 5.91 Å². The van der Waals surface area contributed by atoms with Gasteiger partial charge in [-0.2, -0.15) is 0 Å². The van der Waals surface area contributed by atoms with E-state index in [4.69, 9.17) is 6.42 Å². The van der Waals surface area contributed by atoms with Gasteiger partial charge in [0.1, 0.15) is 11.6 Å². The van der Waals surface area contributed by atoms with Crippen LogP contribution in [-0.4, -0.2) is 53.1 Å². The number of halogens is 2. The second kappa shape index (κ2) is 7.51. The molecule has 4 nitrogen and oxygen atoms in total. The fourth-order valence-electron chi connectivity index (χ4n) is 3.82. The zero-order valence-electron chi connectivity index (χ0n) is 14.0. The van der Waals surface area contributed by atoms with E-state index in [0.29, 0.717) is 19.4 Å². The first-order valence-electron chi connectivity index (χ1n) is 8.59. The van der Waals surface area contributed by atoms with Gasteiger partial charge in [0.25, 0.3) is 0 Å². The highest BCUT2D eigenvalue weighted by atomic mass is 19.1. The van der Waals surface area contributed by atoms with Gasteiger partial charge in [0.05, 0.1) is 18.7 Å². The maximum absolute atomic E-state index is 14.2. The topological polar surface area (TPSA) is 43.8 Å². The van der Waals surface area contributed by atoms with Gasteiger partial charge < -0.3 is 10.0 Å². The van der Waals surface area contributed by atoms with Gasteiger partial charge in [-0.05, 0) is 50.6 Å². The first kappa shape index (κ1) is 17.8. The van der Waals surface area contributed by atoms with Crippen molar-refractivity contribution < 1.29 is 18.7 Å². The number of amides is 1. The molecule has 2 saturated heterocycles. The number of rotatable bonds is 3. The van der Waals surface area contributed by atoms with Crippen molar-refractivity contribution in [1.29, 1.82) is 0 Å². The molecule has 1 amide bonds. The van der Waals surface area contributed by atoms with E-state index in [0.717, 1.165) is 31.3 Å². The summed E-state index contributed by atoms with van der Waals surface area (Å²) in [5, 5.41) is 10.0. The zero-order valence-corrected chi connectivity index (χ0v) is 14.0. The van der Waals surface area contributed by atoms with Crippen molar-refractivity contribution in [3.05, 3.63) is 35.4 Å². The van der Waals surface area contributed by atoms with Crippen LogP contribution in [0.5, 0.6) is 0 Å². The lowest BCUT2D eigenvalue weighted by molar-refractivity contribution is -0.138. The van der Waals surface area contributed by atoms with E-state index in [1.165, 1.54) is 4.90 Å². The molecular weight excluding hydrogens is 326 g/mol. The summed E-state index contributed by atoms with van der Waals surface area (Å²) in [6.45, 7) is 2.22. The van der Waals surface area contributed by atoms with Crippen LogP contribution >= 0.6 is 0 Å². The van der Waals surface area contributed by atoms with Crippen LogP contribution in [-0.2, 0) is 4.79 Å². The summed E-state index contributed by atoms with van der Waals surface area (Å²) in [6, 6.07) is 2.61. The molecular formula is C19H22F2N2O2. The molecule has 1 N–H and O–H groups in total. The minimum atomic E-state index is -0.724. The van der Waals surface area contributed by atoms with Crippen molar-refractivity contribution in [3.63, 3.8) is 0 Å². The second-order valence-corrected chi connectivity index (χ2v) is 6.82. The quantitative estimate of drug-likeness (QED) is 0.849. The van der Waals surface area contributed by atoms with Crippen molar-refractivity contribution >= 4 is 5.91 Å². The maximum atomic E-state index is 14.2. The average molecular weight is 348 g/mol. The van der Waals surface area contributed by atoms with Gasteiger partial charge in [-0.3, -0.25) is 9.69 Å². The van der Waals surface area contributed by atoms with Crippen LogP contribution in [0.4, 0.5) is 8.78 Å². The summed E-state index contributed by atoms with van der Waals surface area (Å²) in [5.74, 6) is 1.24. The highest BCUT2D eigenvalue weighted by Crippen LogP contribution is 2.36. The molecule has 0 saturated carbocycles. The lowest BCUT2D eigenvalue weighted by Crippen LogP contribution is -2.43. The normalized spacial score (nSPS) is 25.1. The first-order valence-corrected chi connectivity index (χ1v) is 8.59. The fraction of sp³-hybridized carbons (Fsp3) is 0.526. The van der Waals surface area contributed by atoms with Crippen molar-refractivity contribution in [1.82, 2.24) is 9.80 Å². The van der Waals surface area contributed by atoms with E-state index in [1.54, 1.807) is 0 Å². The molecule has 2 aliphatic heterocycles. The number of aliphatic hydroxyl groups is 1. The zero-order chi connectivity index (χ0) is 18.0. The van der Waals surface area contributed by atoms with Crippen molar-refractivity contribution in [2.75, 3.05) is 26.2 Å². The number of nitrogens with zero attached hydrogens (tertiary/aromatic N) is 2. The lowest BCUT2D eigenvalue weighted by Gasteiger charge is -2.34. The molecule has 1 aromatic carbocycles. The molecule has 0 spiro atoms. The average Bonchev–Trinajstić information content (AvgIpc) is 2.99. The van der Waals surface area contributed by atoms with E-state index >= 15 is 0 Å². The smallest absolute Gasteiger partial charge is 0.226 e. The molecule has 0 aromatic heterocycles. The predicted molar refractivity (Wildman–Crippen MR) is 89.4 cm³/mol. The van der Waals surface area contributed by atoms with Gasteiger partial charge >= 0.3 is 0 Å². The fourth-order valence-corrected chi connectivity index (χ4v) is 3.82. The van der Waals surface area contributed by atoms with Crippen molar-refractivity contribution in [2.24, 2.45) is 5.92 Å². The number of terminal acetylenes is 1. The van der Waals surface area contributed by atoms with Crippen LogP contribution in [0.15, 0.2) is 18.2 Å². The Kier molecular flexibility index (Phi) is 5.36. The molecule has 2 fully saturated rings. The van der Waals surface area contributed by atoms with E-state index in [1.807, 2.05) is 0 Å². The number of carbonyl (C=O) groups is 1. The van der Waals surface area contributed by atoms with E-state index < -0.39 is 23.8 Å². The van der Waals surface area contributed by atoms with E-state index in [9.17, 15) is 18.7 Å². The van der Waals surface area contributed by atoms with Gasteiger partial charge in [-0.25, -0.2) is 8.78 Å². The number of piperidine rings is 1. The highest BCUT2D eigenvalue weighted by Gasteiger charge is 2.39. The molecule has 3 rings (SSSR count). The Hall–Kier alpha value is -1.97. The van der Waals surface area contributed by atoms with Crippen LogP contribution < -0.4 is 0 Å². The number of hydrogen-bond acceptors (Lipinski definition) is 3. The van der Waals surface area contributed by atoms with Gasteiger partial charge in [0.15, 0.2) is 0 Å². The highest BCUT2D eigenvalue weighted by molar-refractivity contribution is 5.80. The van der Waals surface area contributed by atoms with Crippen molar-refractivity contribution in [2.45, 2.75) is 31.4 Å². The number of benzene rings is 1. The molecule has 2 atom stereocenters. The van der Waals surface area contributed by atoms with Crippen LogP contribution in [0, 0.1) is 29.9 Å². The Morgan fingerprint density at radius 3 is 2.72 bits per heavy atom. The van der Waals surface area contributed by atoms with E-state index in [2.05, 4.69) is 10.8 Å². The molecule has 6 heteroatoms. The Balaban J connectivity index is 1.75. The molecule has 0 bridgehead atoms. The van der Waals surface area contributed by atoms with Gasteiger partial charge in [0, 0.05) is 18.0 Å². The Labute approximate surface area is 146 Å². The van der Waals surface area contributed by atoms with Crippen molar-refractivity contribution in [3.8, 4) is 12.3 Å². The predicted octanol–water partition coefficient (Wildman–Crippen LogP) is 1.94. The molecule has 0 radical (unpaired) electrons. The standard InChI is InChI=1S/C19H22F2N2O2/c1-2-7-22-8-5-13(6-9-22)19(25)23-12-15(24)11-18(23)16-10-14(20)3-4-17(16)21/h1,3-4,10,13,15,18,24H,5-9,11-12H2. The van der Waals surface area contributed by atoms with Crippen LogP contribution in [0.3, 0.4) is 0 Å². The molecule has 2 aliphatic rings. The molecule has 1 aromatic rings. The Bertz CT molecular complexity index is 680. The molecule has 2 unspecified atom stereocenters. The number of carbonyl (C=O) groups excluding carboxylic acids is 1. The van der Waals surface area contributed by atoms with Gasteiger partial charge in [-0.15, -0.1) is 6.42 Å². The first-order chi connectivity index (χ1) is 12.0.